The van der Waals surface area contributed by atoms with Gasteiger partial charge in [0.2, 0.25) is 0 Å². The van der Waals surface area contributed by atoms with Crippen LogP contribution in [0, 0.1) is 11.7 Å². The minimum Gasteiger partial charge on any atom is -0.316 e. The molecule has 0 spiro atoms. The van der Waals surface area contributed by atoms with Crippen LogP contribution in [-0.2, 0) is 6.42 Å². The van der Waals surface area contributed by atoms with Crippen molar-refractivity contribution in [1.29, 1.82) is 0 Å². The molecule has 1 aromatic heterocycles. The van der Waals surface area contributed by atoms with Crippen molar-refractivity contribution in [2.75, 3.05) is 13.1 Å². The van der Waals surface area contributed by atoms with Crippen LogP contribution in [0.4, 0.5) is 4.39 Å². The zero-order valence-corrected chi connectivity index (χ0v) is 13.1. The monoisotopic (exact) mass is 313 g/mol. The number of hydrogen-bond acceptors (Lipinski definition) is 4. The molecule has 6 heteroatoms. The van der Waals surface area contributed by atoms with Crippen molar-refractivity contribution in [2.24, 2.45) is 5.92 Å². The molecule has 0 saturated heterocycles. The fraction of sp³-hybridized carbons (Fsp3) is 0.429. The second-order valence-electron chi connectivity index (χ2n) is 4.97. The highest BCUT2D eigenvalue weighted by Crippen LogP contribution is 2.30. The van der Waals surface area contributed by atoms with Crippen molar-refractivity contribution >= 4 is 22.9 Å². The number of rotatable bonds is 6. The fourth-order valence-electron chi connectivity index (χ4n) is 1.71. The molecule has 20 heavy (non-hydrogen) atoms. The van der Waals surface area contributed by atoms with Crippen LogP contribution >= 0.6 is 22.9 Å². The van der Waals surface area contributed by atoms with E-state index in [1.165, 1.54) is 23.5 Å². The zero-order chi connectivity index (χ0) is 14.5. The van der Waals surface area contributed by atoms with Crippen LogP contribution in [0.1, 0.15) is 18.9 Å². The lowest BCUT2D eigenvalue weighted by Gasteiger charge is -2.05. The molecule has 2 aromatic rings. The van der Waals surface area contributed by atoms with E-state index in [2.05, 4.69) is 29.4 Å². The van der Waals surface area contributed by atoms with Gasteiger partial charge >= 0.3 is 0 Å². The van der Waals surface area contributed by atoms with E-state index in [1.807, 2.05) is 0 Å². The number of hydrogen-bond donors (Lipinski definition) is 1. The first-order valence-corrected chi connectivity index (χ1v) is 7.74. The first-order chi connectivity index (χ1) is 9.56. The number of nitrogens with zero attached hydrogens (tertiary/aromatic N) is 2. The third-order valence-electron chi connectivity index (χ3n) is 2.70. The van der Waals surface area contributed by atoms with Gasteiger partial charge in [-0.2, -0.15) is 0 Å². The topological polar surface area (TPSA) is 37.8 Å². The summed E-state index contributed by atoms with van der Waals surface area (Å²) in [6.07, 6.45) is 0.837. The minimum absolute atomic E-state index is 0.346. The molecule has 1 aromatic carbocycles. The summed E-state index contributed by atoms with van der Waals surface area (Å²) in [4.78, 5) is 0. The molecule has 0 bridgehead atoms. The predicted molar refractivity (Wildman–Crippen MR) is 81.7 cm³/mol. The Morgan fingerprint density at radius 1 is 1.35 bits per heavy atom. The summed E-state index contributed by atoms with van der Waals surface area (Å²) in [7, 11) is 0. The molecule has 0 atom stereocenters. The minimum atomic E-state index is -0.346. The molecule has 0 aliphatic heterocycles. The van der Waals surface area contributed by atoms with Crippen molar-refractivity contribution in [1.82, 2.24) is 15.5 Å². The Morgan fingerprint density at radius 3 is 2.85 bits per heavy atom. The fourth-order valence-corrected chi connectivity index (χ4v) is 2.90. The zero-order valence-electron chi connectivity index (χ0n) is 11.5. The smallest absolute Gasteiger partial charge is 0.149 e. The molecular formula is C14H17ClFN3S. The average Bonchev–Trinajstić information content (AvgIpc) is 2.83. The van der Waals surface area contributed by atoms with Crippen LogP contribution in [0.2, 0.25) is 5.02 Å². The second kappa shape index (κ2) is 7.11. The lowest BCUT2D eigenvalue weighted by atomic mass is 10.2. The van der Waals surface area contributed by atoms with Gasteiger partial charge in [0.25, 0.3) is 0 Å². The maximum Gasteiger partial charge on any atom is 0.149 e. The van der Waals surface area contributed by atoms with Gasteiger partial charge < -0.3 is 5.32 Å². The van der Waals surface area contributed by atoms with Gasteiger partial charge in [-0.25, -0.2) is 4.39 Å². The summed E-state index contributed by atoms with van der Waals surface area (Å²) in [5.74, 6) is 0.291. The van der Waals surface area contributed by atoms with Gasteiger partial charge in [0.15, 0.2) is 0 Å². The third kappa shape index (κ3) is 4.23. The summed E-state index contributed by atoms with van der Waals surface area (Å²) in [6, 6.07) is 4.31. The molecule has 0 saturated carbocycles. The summed E-state index contributed by atoms with van der Waals surface area (Å²) in [5.41, 5.74) is 0.729. The van der Waals surface area contributed by atoms with Gasteiger partial charge in [0.05, 0.1) is 5.02 Å². The number of benzene rings is 1. The van der Waals surface area contributed by atoms with Crippen LogP contribution in [-0.4, -0.2) is 23.3 Å². The number of halogens is 2. The quantitative estimate of drug-likeness (QED) is 0.825. The van der Waals surface area contributed by atoms with Gasteiger partial charge in [0.1, 0.15) is 15.8 Å². The van der Waals surface area contributed by atoms with E-state index in [-0.39, 0.29) is 5.82 Å². The van der Waals surface area contributed by atoms with Crippen molar-refractivity contribution in [3.63, 3.8) is 0 Å². The second-order valence-corrected chi connectivity index (χ2v) is 6.44. The molecule has 0 unspecified atom stereocenters. The summed E-state index contributed by atoms with van der Waals surface area (Å²) >= 11 is 7.52. The summed E-state index contributed by atoms with van der Waals surface area (Å²) in [6.45, 7) is 6.22. The van der Waals surface area contributed by atoms with Gasteiger partial charge in [-0.05, 0) is 30.7 Å². The first kappa shape index (κ1) is 15.4. The highest BCUT2D eigenvalue weighted by Gasteiger charge is 2.10. The Hall–Kier alpha value is -1.04. The van der Waals surface area contributed by atoms with Crippen LogP contribution < -0.4 is 5.32 Å². The predicted octanol–water partition coefficient (Wildman–Crippen LogP) is 3.79. The lowest BCUT2D eigenvalue weighted by Crippen LogP contribution is -2.22. The molecule has 0 amide bonds. The maximum absolute atomic E-state index is 13.0. The largest absolute Gasteiger partial charge is 0.316 e. The summed E-state index contributed by atoms with van der Waals surface area (Å²) in [5, 5.41) is 13.7. The lowest BCUT2D eigenvalue weighted by molar-refractivity contribution is 0.553. The van der Waals surface area contributed by atoms with E-state index >= 15 is 0 Å². The van der Waals surface area contributed by atoms with Crippen LogP contribution in [0.15, 0.2) is 18.2 Å². The standard InChI is InChI=1S/C14H17ClFN3S/c1-9(2)8-17-6-5-13-18-19-14(20-13)11-4-3-10(16)7-12(11)15/h3-4,7,9,17H,5-6,8H2,1-2H3. The molecule has 0 aliphatic rings. The van der Waals surface area contributed by atoms with Crippen LogP contribution in [0.25, 0.3) is 10.6 Å². The van der Waals surface area contributed by atoms with Gasteiger partial charge in [0, 0.05) is 18.5 Å². The Morgan fingerprint density at radius 2 is 2.15 bits per heavy atom. The molecule has 0 aliphatic carbocycles. The normalized spacial score (nSPS) is 11.2. The van der Waals surface area contributed by atoms with E-state index in [0.29, 0.717) is 10.9 Å². The molecule has 1 N–H and O–H groups in total. The Bertz CT molecular complexity index is 571. The maximum atomic E-state index is 13.0. The van der Waals surface area contributed by atoms with E-state index in [4.69, 9.17) is 11.6 Å². The van der Waals surface area contributed by atoms with E-state index < -0.39 is 0 Å². The first-order valence-electron chi connectivity index (χ1n) is 6.55. The summed E-state index contributed by atoms with van der Waals surface area (Å²) < 4.78 is 13.0. The van der Waals surface area contributed by atoms with Gasteiger partial charge in [-0.3, -0.25) is 0 Å². The number of aromatic nitrogens is 2. The molecule has 1 heterocycles. The van der Waals surface area contributed by atoms with Crippen molar-refractivity contribution in [3.05, 3.63) is 34.0 Å². The van der Waals surface area contributed by atoms with Crippen molar-refractivity contribution < 1.29 is 4.39 Å². The van der Waals surface area contributed by atoms with E-state index in [0.717, 1.165) is 35.1 Å². The number of nitrogens with one attached hydrogen (secondary N) is 1. The highest BCUT2D eigenvalue weighted by atomic mass is 35.5. The SMILES string of the molecule is CC(C)CNCCc1nnc(-c2ccc(F)cc2Cl)s1. The molecule has 3 nitrogen and oxygen atoms in total. The van der Waals surface area contributed by atoms with Gasteiger partial charge in [-0.15, -0.1) is 10.2 Å². The Kier molecular flexibility index (Phi) is 5.46. The molecule has 0 fully saturated rings. The third-order valence-corrected chi connectivity index (χ3v) is 4.03. The molecule has 0 radical (unpaired) electrons. The molecule has 2 rings (SSSR count). The Labute approximate surface area is 127 Å². The van der Waals surface area contributed by atoms with Crippen molar-refractivity contribution in [3.8, 4) is 10.6 Å². The van der Waals surface area contributed by atoms with E-state index in [9.17, 15) is 4.39 Å². The average molecular weight is 314 g/mol. The van der Waals surface area contributed by atoms with Crippen LogP contribution in [0.5, 0.6) is 0 Å². The van der Waals surface area contributed by atoms with Gasteiger partial charge in [-0.1, -0.05) is 36.8 Å². The Balaban J connectivity index is 1.98. The van der Waals surface area contributed by atoms with Crippen molar-refractivity contribution in [2.45, 2.75) is 20.3 Å². The highest BCUT2D eigenvalue weighted by molar-refractivity contribution is 7.14. The molecular weight excluding hydrogens is 297 g/mol. The van der Waals surface area contributed by atoms with Crippen LogP contribution in [0.3, 0.4) is 0 Å². The van der Waals surface area contributed by atoms with E-state index in [1.54, 1.807) is 6.07 Å². The molecule has 108 valence electrons.